The predicted octanol–water partition coefficient (Wildman–Crippen LogP) is 1.92. The zero-order valence-corrected chi connectivity index (χ0v) is 9.23. The molecule has 2 rings (SSSR count). The number of hydrogen-bond donors (Lipinski definition) is 1. The Balaban J connectivity index is 2.29. The molecule has 0 unspecified atom stereocenters. The summed E-state index contributed by atoms with van der Waals surface area (Å²) in [7, 11) is 1.65. The van der Waals surface area contributed by atoms with Crippen molar-refractivity contribution in [1.29, 1.82) is 0 Å². The normalized spacial score (nSPS) is 10.9. The molecule has 0 atom stereocenters. The molecule has 1 heterocycles. The van der Waals surface area contributed by atoms with Gasteiger partial charge in [-0.1, -0.05) is 0 Å². The van der Waals surface area contributed by atoms with Gasteiger partial charge in [0.15, 0.2) is 0 Å². The number of benzene rings is 1. The maximum atomic E-state index is 5.62. The molecule has 0 bridgehead atoms. The van der Waals surface area contributed by atoms with E-state index in [0.717, 1.165) is 22.3 Å². The van der Waals surface area contributed by atoms with Crippen molar-refractivity contribution in [2.45, 2.75) is 6.54 Å². The average molecular weight is 221 g/mol. The lowest BCUT2D eigenvalue weighted by molar-refractivity contribution is 0.147. The Kier molecular flexibility index (Phi) is 3.44. The van der Waals surface area contributed by atoms with Gasteiger partial charge in [0, 0.05) is 13.7 Å². The Hall–Kier alpha value is -1.52. The molecule has 2 N–H and O–H groups in total. The summed E-state index contributed by atoms with van der Waals surface area (Å²) in [6, 6.07) is 5.75. The highest BCUT2D eigenvalue weighted by Crippen LogP contribution is 2.28. The van der Waals surface area contributed by atoms with Gasteiger partial charge in [0.2, 0.25) is 0 Å². The van der Waals surface area contributed by atoms with Crippen LogP contribution in [0.4, 0.5) is 0 Å². The fraction of sp³-hybridized carbons (Fsp3) is 0.333. The van der Waals surface area contributed by atoms with E-state index in [4.69, 9.17) is 19.6 Å². The van der Waals surface area contributed by atoms with Crippen molar-refractivity contribution in [1.82, 2.24) is 0 Å². The molecule has 1 aromatic carbocycles. The second-order valence-electron chi connectivity index (χ2n) is 3.47. The van der Waals surface area contributed by atoms with E-state index < -0.39 is 0 Å². The van der Waals surface area contributed by atoms with E-state index in [0.29, 0.717) is 19.8 Å². The molecule has 86 valence electrons. The molecule has 0 aliphatic heterocycles. The van der Waals surface area contributed by atoms with Crippen molar-refractivity contribution < 1.29 is 13.9 Å². The minimum atomic E-state index is 0.470. The lowest BCUT2D eigenvalue weighted by Crippen LogP contribution is -2.05. The third-order valence-corrected chi connectivity index (χ3v) is 2.37. The summed E-state index contributed by atoms with van der Waals surface area (Å²) in [5.74, 6) is 0.795. The molecular weight excluding hydrogens is 206 g/mol. The highest BCUT2D eigenvalue weighted by Gasteiger charge is 2.07. The van der Waals surface area contributed by atoms with E-state index in [1.807, 2.05) is 18.2 Å². The maximum Gasteiger partial charge on any atom is 0.137 e. The Morgan fingerprint density at radius 3 is 2.94 bits per heavy atom. The van der Waals surface area contributed by atoms with E-state index in [-0.39, 0.29) is 0 Å². The summed E-state index contributed by atoms with van der Waals surface area (Å²) in [5.41, 5.74) is 7.41. The first-order valence-electron chi connectivity index (χ1n) is 5.17. The molecular formula is C12H15NO3. The predicted molar refractivity (Wildman–Crippen MR) is 61.5 cm³/mol. The molecule has 0 aliphatic rings. The van der Waals surface area contributed by atoms with Gasteiger partial charge in [-0.2, -0.15) is 0 Å². The smallest absolute Gasteiger partial charge is 0.137 e. The first kappa shape index (κ1) is 11.0. The topological polar surface area (TPSA) is 57.6 Å². The molecule has 0 amide bonds. The van der Waals surface area contributed by atoms with Crippen LogP contribution < -0.4 is 10.5 Å². The van der Waals surface area contributed by atoms with Crippen LogP contribution in [0.5, 0.6) is 5.75 Å². The summed E-state index contributed by atoms with van der Waals surface area (Å²) in [6.07, 6.45) is 1.65. The quantitative estimate of drug-likeness (QED) is 0.783. The lowest BCUT2D eigenvalue weighted by atomic mass is 10.1. The van der Waals surface area contributed by atoms with E-state index in [2.05, 4.69) is 0 Å². The highest BCUT2D eigenvalue weighted by atomic mass is 16.5. The first-order chi connectivity index (χ1) is 7.85. The van der Waals surface area contributed by atoms with Crippen LogP contribution in [0.25, 0.3) is 11.0 Å². The van der Waals surface area contributed by atoms with Gasteiger partial charge in [0.05, 0.1) is 18.3 Å². The summed E-state index contributed by atoms with van der Waals surface area (Å²) in [6.45, 7) is 1.55. The van der Waals surface area contributed by atoms with E-state index in [9.17, 15) is 0 Å². The average Bonchev–Trinajstić information content (AvgIpc) is 2.77. The highest BCUT2D eigenvalue weighted by molar-refractivity contribution is 5.84. The third kappa shape index (κ3) is 2.18. The molecule has 0 radical (unpaired) electrons. The number of furan rings is 1. The number of methoxy groups -OCH3 is 1. The number of nitrogens with two attached hydrogens (primary N) is 1. The molecule has 2 aromatic rings. The maximum absolute atomic E-state index is 5.62. The van der Waals surface area contributed by atoms with E-state index >= 15 is 0 Å². The van der Waals surface area contributed by atoms with Crippen LogP contribution >= 0.6 is 0 Å². The summed E-state index contributed by atoms with van der Waals surface area (Å²) in [4.78, 5) is 0. The Labute approximate surface area is 93.9 Å². The van der Waals surface area contributed by atoms with Gasteiger partial charge in [-0.25, -0.2) is 0 Å². The largest absolute Gasteiger partial charge is 0.490 e. The molecule has 4 heteroatoms. The van der Waals surface area contributed by atoms with Crippen molar-refractivity contribution in [3.05, 3.63) is 30.0 Å². The first-order valence-corrected chi connectivity index (χ1v) is 5.17. The molecule has 0 saturated carbocycles. The standard InChI is InChI=1S/C12H15NO3/c1-14-4-5-16-12-7-9(8-13)6-11-10(12)2-3-15-11/h2-3,6-7H,4-5,8,13H2,1H3. The van der Waals surface area contributed by atoms with Crippen molar-refractivity contribution in [3.8, 4) is 5.75 Å². The van der Waals surface area contributed by atoms with Crippen LogP contribution in [0.3, 0.4) is 0 Å². The number of ether oxygens (including phenoxy) is 2. The van der Waals surface area contributed by atoms with Gasteiger partial charge in [-0.05, 0) is 23.8 Å². The van der Waals surface area contributed by atoms with Gasteiger partial charge < -0.3 is 19.6 Å². The second-order valence-corrected chi connectivity index (χ2v) is 3.47. The van der Waals surface area contributed by atoms with Gasteiger partial charge in [0.25, 0.3) is 0 Å². The van der Waals surface area contributed by atoms with Crippen LogP contribution in [0.1, 0.15) is 5.56 Å². The van der Waals surface area contributed by atoms with Crippen molar-refractivity contribution in [2.75, 3.05) is 20.3 Å². The zero-order valence-electron chi connectivity index (χ0n) is 9.23. The summed E-state index contributed by atoms with van der Waals surface area (Å²) < 4.78 is 15.9. The third-order valence-electron chi connectivity index (χ3n) is 2.37. The minimum absolute atomic E-state index is 0.470. The molecule has 0 saturated heterocycles. The molecule has 16 heavy (non-hydrogen) atoms. The van der Waals surface area contributed by atoms with Gasteiger partial charge in [-0.3, -0.25) is 0 Å². The van der Waals surface area contributed by atoms with Gasteiger partial charge in [0.1, 0.15) is 17.9 Å². The summed E-state index contributed by atoms with van der Waals surface area (Å²) >= 11 is 0. The molecule has 1 aromatic heterocycles. The van der Waals surface area contributed by atoms with Crippen molar-refractivity contribution >= 4 is 11.0 Å². The number of fused-ring (bicyclic) bond motifs is 1. The fourth-order valence-corrected chi connectivity index (χ4v) is 1.56. The van der Waals surface area contributed by atoms with E-state index in [1.165, 1.54) is 0 Å². The van der Waals surface area contributed by atoms with Crippen LogP contribution in [0, 0.1) is 0 Å². The van der Waals surface area contributed by atoms with Crippen molar-refractivity contribution in [3.63, 3.8) is 0 Å². The fourth-order valence-electron chi connectivity index (χ4n) is 1.56. The Morgan fingerprint density at radius 2 is 2.19 bits per heavy atom. The SMILES string of the molecule is COCCOc1cc(CN)cc2occc12. The van der Waals surface area contributed by atoms with Crippen LogP contribution in [0.15, 0.2) is 28.9 Å². The second kappa shape index (κ2) is 5.01. The van der Waals surface area contributed by atoms with Gasteiger partial charge >= 0.3 is 0 Å². The Bertz CT molecular complexity index is 464. The van der Waals surface area contributed by atoms with Crippen LogP contribution in [0.2, 0.25) is 0 Å². The number of hydrogen-bond acceptors (Lipinski definition) is 4. The number of rotatable bonds is 5. The van der Waals surface area contributed by atoms with Crippen LogP contribution in [-0.4, -0.2) is 20.3 Å². The molecule has 0 fully saturated rings. The van der Waals surface area contributed by atoms with Crippen LogP contribution in [-0.2, 0) is 11.3 Å². The molecule has 0 spiro atoms. The zero-order chi connectivity index (χ0) is 11.4. The van der Waals surface area contributed by atoms with Crippen molar-refractivity contribution in [2.24, 2.45) is 5.73 Å². The minimum Gasteiger partial charge on any atom is -0.490 e. The van der Waals surface area contributed by atoms with Gasteiger partial charge in [-0.15, -0.1) is 0 Å². The molecule has 0 aliphatic carbocycles. The lowest BCUT2D eigenvalue weighted by Gasteiger charge is -2.08. The summed E-state index contributed by atoms with van der Waals surface area (Å²) in [5, 5.41) is 0.966. The Morgan fingerprint density at radius 1 is 1.31 bits per heavy atom. The monoisotopic (exact) mass is 221 g/mol. The van der Waals surface area contributed by atoms with E-state index in [1.54, 1.807) is 13.4 Å². The molecule has 4 nitrogen and oxygen atoms in total.